The molecule has 0 saturated heterocycles. The van der Waals surface area contributed by atoms with Gasteiger partial charge in [-0.15, -0.1) is 0 Å². The van der Waals surface area contributed by atoms with Gasteiger partial charge in [-0.2, -0.15) is 4.98 Å². The minimum Gasteiger partial charge on any atom is -0.474 e. The number of ether oxygens (including phenoxy) is 1. The summed E-state index contributed by atoms with van der Waals surface area (Å²) in [7, 11) is 0. The third kappa shape index (κ3) is 3.34. The van der Waals surface area contributed by atoms with Crippen molar-refractivity contribution in [3.8, 4) is 5.88 Å². The zero-order chi connectivity index (χ0) is 13.0. The summed E-state index contributed by atoms with van der Waals surface area (Å²) in [5.41, 5.74) is 6.63. The van der Waals surface area contributed by atoms with E-state index >= 15 is 0 Å². The van der Waals surface area contributed by atoms with E-state index in [1.54, 1.807) is 0 Å². The number of nitrogen functional groups attached to an aromatic ring is 1. The van der Waals surface area contributed by atoms with Crippen LogP contribution in [0.5, 0.6) is 5.88 Å². The van der Waals surface area contributed by atoms with E-state index in [1.807, 2.05) is 6.07 Å². The molecule has 2 rings (SSSR count). The van der Waals surface area contributed by atoms with Crippen molar-refractivity contribution >= 4 is 5.95 Å². The average Bonchev–Trinajstić information content (AvgIpc) is 2.39. The summed E-state index contributed by atoms with van der Waals surface area (Å²) < 4.78 is 5.94. The molecule has 100 valence electrons. The molecule has 1 aromatic rings. The van der Waals surface area contributed by atoms with Crippen LogP contribution in [0.4, 0.5) is 5.95 Å². The summed E-state index contributed by atoms with van der Waals surface area (Å²) in [6.45, 7) is 4.32. The molecule has 4 heteroatoms. The molecule has 1 aromatic heterocycles. The van der Waals surface area contributed by atoms with Crippen molar-refractivity contribution in [2.24, 2.45) is 5.92 Å². The first-order valence-corrected chi connectivity index (χ1v) is 7.01. The van der Waals surface area contributed by atoms with E-state index < -0.39 is 0 Å². The molecule has 18 heavy (non-hydrogen) atoms. The summed E-state index contributed by atoms with van der Waals surface area (Å²) in [4.78, 5) is 8.32. The molecule has 1 saturated carbocycles. The maximum Gasteiger partial charge on any atom is 0.223 e. The van der Waals surface area contributed by atoms with Gasteiger partial charge in [0.15, 0.2) is 0 Å². The third-order valence-electron chi connectivity index (χ3n) is 3.79. The first-order valence-electron chi connectivity index (χ1n) is 7.01. The predicted octanol–water partition coefficient (Wildman–Crippen LogP) is 2.97. The number of nitrogens with zero attached hydrogens (tertiary/aromatic N) is 2. The Hall–Kier alpha value is -1.32. The van der Waals surface area contributed by atoms with Gasteiger partial charge < -0.3 is 10.5 Å². The molecule has 0 amide bonds. The molecule has 0 radical (unpaired) electrons. The highest BCUT2D eigenvalue weighted by Crippen LogP contribution is 2.29. The Bertz CT molecular complexity index is 387. The van der Waals surface area contributed by atoms with Gasteiger partial charge in [0.05, 0.1) is 0 Å². The lowest BCUT2D eigenvalue weighted by Gasteiger charge is -2.27. The van der Waals surface area contributed by atoms with Crippen molar-refractivity contribution in [1.29, 1.82) is 0 Å². The van der Waals surface area contributed by atoms with Gasteiger partial charge in [-0.1, -0.05) is 20.3 Å². The Morgan fingerprint density at radius 2 is 1.94 bits per heavy atom. The monoisotopic (exact) mass is 249 g/mol. The number of nitrogens with two attached hydrogens (primary N) is 1. The van der Waals surface area contributed by atoms with Gasteiger partial charge in [0.1, 0.15) is 6.10 Å². The quantitative estimate of drug-likeness (QED) is 0.891. The van der Waals surface area contributed by atoms with Gasteiger partial charge in [0, 0.05) is 11.8 Å². The van der Waals surface area contributed by atoms with Crippen LogP contribution in [0, 0.1) is 5.92 Å². The predicted molar refractivity (Wildman–Crippen MR) is 72.5 cm³/mol. The normalized spacial score (nSPS) is 23.9. The summed E-state index contributed by atoms with van der Waals surface area (Å²) >= 11 is 0. The zero-order valence-corrected chi connectivity index (χ0v) is 11.4. The minimum atomic E-state index is 0.298. The van der Waals surface area contributed by atoms with Crippen LogP contribution < -0.4 is 10.5 Å². The first kappa shape index (κ1) is 13.1. The van der Waals surface area contributed by atoms with Crippen molar-refractivity contribution in [2.45, 2.75) is 58.5 Å². The second kappa shape index (κ2) is 6.03. The van der Waals surface area contributed by atoms with Gasteiger partial charge in [0.2, 0.25) is 11.8 Å². The van der Waals surface area contributed by atoms with Gasteiger partial charge in [0.25, 0.3) is 0 Å². The lowest BCUT2D eigenvalue weighted by molar-refractivity contribution is 0.124. The first-order chi connectivity index (χ1) is 8.71. The lowest BCUT2D eigenvalue weighted by atomic mass is 9.86. The van der Waals surface area contributed by atoms with Crippen LogP contribution in [0.15, 0.2) is 6.07 Å². The highest BCUT2D eigenvalue weighted by Gasteiger charge is 2.21. The van der Waals surface area contributed by atoms with Crippen LogP contribution in [-0.2, 0) is 6.42 Å². The Kier molecular flexibility index (Phi) is 4.39. The van der Waals surface area contributed by atoms with Crippen LogP contribution in [-0.4, -0.2) is 16.1 Å². The Balaban J connectivity index is 1.95. The average molecular weight is 249 g/mol. The van der Waals surface area contributed by atoms with Crippen molar-refractivity contribution in [3.05, 3.63) is 11.8 Å². The van der Waals surface area contributed by atoms with Gasteiger partial charge in [-0.25, -0.2) is 4.98 Å². The van der Waals surface area contributed by atoms with Crippen molar-refractivity contribution in [3.63, 3.8) is 0 Å². The molecular formula is C14H23N3O. The molecule has 0 unspecified atom stereocenters. The van der Waals surface area contributed by atoms with E-state index in [2.05, 4.69) is 23.8 Å². The fourth-order valence-corrected chi connectivity index (χ4v) is 2.56. The van der Waals surface area contributed by atoms with E-state index in [4.69, 9.17) is 10.5 Å². The van der Waals surface area contributed by atoms with E-state index in [-0.39, 0.29) is 0 Å². The molecule has 0 atom stereocenters. The van der Waals surface area contributed by atoms with E-state index in [1.165, 1.54) is 19.3 Å². The van der Waals surface area contributed by atoms with Gasteiger partial charge in [-0.3, -0.25) is 0 Å². The molecule has 4 nitrogen and oxygen atoms in total. The molecule has 1 fully saturated rings. The highest BCUT2D eigenvalue weighted by atomic mass is 16.5. The van der Waals surface area contributed by atoms with Crippen molar-refractivity contribution < 1.29 is 4.74 Å². The second-order valence-electron chi connectivity index (χ2n) is 5.08. The Morgan fingerprint density at radius 3 is 2.56 bits per heavy atom. The van der Waals surface area contributed by atoms with Crippen LogP contribution in [0.1, 0.15) is 51.6 Å². The zero-order valence-electron chi connectivity index (χ0n) is 11.4. The standard InChI is InChI=1S/C14H23N3O/c1-3-10-5-7-12(8-6-10)18-13-9-11(4-2)16-14(15)17-13/h9-10,12H,3-8H2,1-2H3,(H2,15,16,17). The maximum atomic E-state index is 5.94. The van der Waals surface area contributed by atoms with Gasteiger partial charge >= 0.3 is 0 Å². The SMILES string of the molecule is CCc1cc(OC2CCC(CC)CC2)nc(N)n1. The topological polar surface area (TPSA) is 61.0 Å². The summed E-state index contributed by atoms with van der Waals surface area (Å²) in [6.07, 6.45) is 7.23. The fourth-order valence-electron chi connectivity index (χ4n) is 2.56. The summed E-state index contributed by atoms with van der Waals surface area (Å²) in [6, 6.07) is 1.91. The number of aryl methyl sites for hydroxylation is 1. The molecule has 1 aliphatic rings. The molecular weight excluding hydrogens is 226 g/mol. The largest absolute Gasteiger partial charge is 0.474 e. The van der Waals surface area contributed by atoms with Crippen molar-refractivity contribution in [2.75, 3.05) is 5.73 Å². The van der Waals surface area contributed by atoms with E-state index in [9.17, 15) is 0 Å². The van der Waals surface area contributed by atoms with E-state index in [0.717, 1.165) is 30.9 Å². The highest BCUT2D eigenvalue weighted by molar-refractivity contribution is 5.26. The molecule has 1 aliphatic carbocycles. The lowest BCUT2D eigenvalue weighted by Crippen LogP contribution is -2.24. The minimum absolute atomic E-state index is 0.298. The summed E-state index contributed by atoms with van der Waals surface area (Å²) in [5.74, 6) is 1.83. The number of anilines is 1. The second-order valence-corrected chi connectivity index (χ2v) is 5.08. The molecule has 2 N–H and O–H groups in total. The molecule has 0 spiro atoms. The van der Waals surface area contributed by atoms with Gasteiger partial charge in [-0.05, 0) is 38.0 Å². The molecule has 0 bridgehead atoms. The number of hydrogen-bond donors (Lipinski definition) is 1. The molecule has 0 aromatic carbocycles. The summed E-state index contributed by atoms with van der Waals surface area (Å²) in [5, 5.41) is 0. The Morgan fingerprint density at radius 1 is 1.22 bits per heavy atom. The van der Waals surface area contributed by atoms with Crippen LogP contribution in [0.25, 0.3) is 0 Å². The maximum absolute atomic E-state index is 5.94. The molecule has 1 heterocycles. The van der Waals surface area contributed by atoms with Crippen molar-refractivity contribution in [1.82, 2.24) is 9.97 Å². The fraction of sp³-hybridized carbons (Fsp3) is 0.714. The van der Waals surface area contributed by atoms with E-state index in [0.29, 0.717) is 17.9 Å². The van der Waals surface area contributed by atoms with Crippen LogP contribution in [0.2, 0.25) is 0 Å². The Labute approximate surface area is 109 Å². The number of rotatable bonds is 4. The van der Waals surface area contributed by atoms with Crippen LogP contribution in [0.3, 0.4) is 0 Å². The number of hydrogen-bond acceptors (Lipinski definition) is 4. The van der Waals surface area contributed by atoms with Crippen LogP contribution >= 0.6 is 0 Å². The smallest absolute Gasteiger partial charge is 0.223 e. The third-order valence-corrected chi connectivity index (χ3v) is 3.79. The molecule has 0 aliphatic heterocycles. The number of aromatic nitrogens is 2.